The molecule has 1 heterocycles. The van der Waals surface area contributed by atoms with Crippen molar-refractivity contribution in [2.24, 2.45) is 0 Å². The zero-order valence-corrected chi connectivity index (χ0v) is 12.0. The normalized spacial score (nSPS) is 34.1. The Kier molecular flexibility index (Phi) is 6.63. The third kappa shape index (κ3) is 4.79. The predicted octanol–water partition coefficient (Wildman–Crippen LogP) is -4.10. The molecule has 1 saturated heterocycles. The number of aliphatic hydroxyl groups is 5. The van der Waals surface area contributed by atoms with Crippen molar-refractivity contribution in [3.05, 3.63) is 0 Å². The second kappa shape index (κ2) is 7.33. The Morgan fingerprint density at radius 1 is 1.35 bits per heavy atom. The van der Waals surface area contributed by atoms with Gasteiger partial charge in [-0.1, -0.05) is 0 Å². The fourth-order valence-corrected chi connectivity index (χ4v) is 5.18. The summed E-state index contributed by atoms with van der Waals surface area (Å²) < 4.78 is 35.4. The van der Waals surface area contributed by atoms with E-state index in [-0.39, 0.29) is 11.5 Å². The van der Waals surface area contributed by atoms with Crippen molar-refractivity contribution in [2.75, 3.05) is 24.7 Å². The van der Waals surface area contributed by atoms with Gasteiger partial charge in [0.2, 0.25) is 10.4 Å². The highest BCUT2D eigenvalue weighted by atomic mass is 32.3. The van der Waals surface area contributed by atoms with E-state index in [2.05, 4.69) is 4.18 Å². The standard InChI is InChI=1S/C9H18O9S2/c10-1-7(18-20(15,16)17)5(12)3-19-4-6(13)9(14)8(19)2-11/h5-14H,1-4H2/t5-,6+,7+,8-,9-,19?/m0/s1. The Morgan fingerprint density at radius 3 is 2.40 bits per heavy atom. The van der Waals surface area contributed by atoms with Crippen molar-refractivity contribution in [1.82, 2.24) is 0 Å². The van der Waals surface area contributed by atoms with Crippen LogP contribution in [0.3, 0.4) is 0 Å². The topological polar surface area (TPSA) is 168 Å². The minimum atomic E-state index is -5.07. The average molecular weight is 334 g/mol. The first-order chi connectivity index (χ1) is 9.19. The van der Waals surface area contributed by atoms with Gasteiger partial charge in [-0.05, 0) is 0 Å². The molecule has 0 amide bonds. The zero-order valence-electron chi connectivity index (χ0n) is 10.4. The Bertz CT molecular complexity index is 400. The van der Waals surface area contributed by atoms with E-state index in [4.69, 9.17) is 10.2 Å². The van der Waals surface area contributed by atoms with Gasteiger partial charge in [-0.3, -0.25) is 4.18 Å². The molecule has 5 N–H and O–H groups in total. The summed E-state index contributed by atoms with van der Waals surface area (Å²) in [5.74, 6) is 0.0197. The van der Waals surface area contributed by atoms with E-state index in [0.29, 0.717) is 0 Å². The molecule has 11 heteroatoms. The van der Waals surface area contributed by atoms with Gasteiger partial charge in [0, 0.05) is 10.9 Å². The van der Waals surface area contributed by atoms with Crippen LogP contribution in [0.4, 0.5) is 0 Å². The molecule has 0 saturated carbocycles. The van der Waals surface area contributed by atoms with E-state index in [1.165, 1.54) is 0 Å². The van der Waals surface area contributed by atoms with E-state index >= 15 is 0 Å². The van der Waals surface area contributed by atoms with E-state index in [1.807, 2.05) is 0 Å². The summed E-state index contributed by atoms with van der Waals surface area (Å²) >= 11 is 0. The molecule has 1 rings (SSSR count). The third-order valence-electron chi connectivity index (χ3n) is 3.00. The van der Waals surface area contributed by atoms with Gasteiger partial charge >= 0.3 is 0 Å². The van der Waals surface area contributed by atoms with Crippen LogP contribution in [-0.2, 0) is 25.5 Å². The smallest absolute Gasteiger partial charge is 0.218 e. The Hall–Kier alpha value is 0.0200. The average Bonchev–Trinajstić information content (AvgIpc) is 2.60. The quantitative estimate of drug-likeness (QED) is 0.176. The van der Waals surface area contributed by atoms with Crippen LogP contribution >= 0.6 is 0 Å². The molecule has 1 aliphatic heterocycles. The molecule has 0 aromatic rings. The highest BCUT2D eigenvalue weighted by molar-refractivity contribution is 7.97. The lowest BCUT2D eigenvalue weighted by atomic mass is 10.2. The Balaban J connectivity index is 2.66. The summed E-state index contributed by atoms with van der Waals surface area (Å²) in [4.78, 5) is 0. The highest BCUT2D eigenvalue weighted by Gasteiger charge is 2.50. The van der Waals surface area contributed by atoms with Crippen LogP contribution in [0.15, 0.2) is 0 Å². The maximum absolute atomic E-state index is 10.4. The van der Waals surface area contributed by atoms with Gasteiger partial charge in [0.05, 0.1) is 13.2 Å². The van der Waals surface area contributed by atoms with E-state index in [9.17, 15) is 28.3 Å². The second-order valence-electron chi connectivity index (χ2n) is 4.44. The SMILES string of the molecule is O=S(=O)([O-])O[C@H](CO)[C@@H](O)C[S+]1C[C@@H](O)[C@H](O)[C@@H]1CO. The van der Waals surface area contributed by atoms with Gasteiger partial charge < -0.3 is 30.1 Å². The number of rotatable bonds is 7. The molecule has 0 bridgehead atoms. The molecule has 1 fully saturated rings. The molecular formula is C9H18O9S2. The summed E-state index contributed by atoms with van der Waals surface area (Å²) in [7, 11) is -5.86. The monoisotopic (exact) mass is 334 g/mol. The van der Waals surface area contributed by atoms with E-state index in [1.54, 1.807) is 0 Å². The largest absolute Gasteiger partial charge is 0.726 e. The first-order valence-electron chi connectivity index (χ1n) is 5.76. The van der Waals surface area contributed by atoms with Crippen molar-refractivity contribution in [3.63, 3.8) is 0 Å². The summed E-state index contributed by atoms with van der Waals surface area (Å²) in [6, 6.07) is 0. The number of aliphatic hydroxyl groups excluding tert-OH is 5. The van der Waals surface area contributed by atoms with Crippen LogP contribution in [0.2, 0.25) is 0 Å². The predicted molar refractivity (Wildman–Crippen MR) is 67.6 cm³/mol. The van der Waals surface area contributed by atoms with Gasteiger partial charge in [0.15, 0.2) is 5.25 Å². The molecule has 9 nitrogen and oxygen atoms in total. The Labute approximate surface area is 119 Å². The molecule has 6 atom stereocenters. The lowest BCUT2D eigenvalue weighted by Crippen LogP contribution is -2.42. The molecule has 120 valence electrons. The van der Waals surface area contributed by atoms with Gasteiger partial charge in [-0.25, -0.2) is 8.42 Å². The molecule has 0 spiro atoms. The summed E-state index contributed by atoms with van der Waals surface area (Å²) in [6.45, 7) is -1.28. The van der Waals surface area contributed by atoms with Crippen LogP contribution in [0.5, 0.6) is 0 Å². The van der Waals surface area contributed by atoms with Gasteiger partial charge in [0.1, 0.15) is 35.9 Å². The molecule has 0 aromatic carbocycles. The summed E-state index contributed by atoms with van der Waals surface area (Å²) in [5.41, 5.74) is 0. The number of hydrogen-bond acceptors (Lipinski definition) is 9. The van der Waals surface area contributed by atoms with Crippen molar-refractivity contribution in [3.8, 4) is 0 Å². The van der Waals surface area contributed by atoms with Crippen molar-refractivity contribution in [2.45, 2.75) is 29.7 Å². The van der Waals surface area contributed by atoms with E-state index in [0.717, 1.165) is 0 Å². The fourth-order valence-electron chi connectivity index (χ4n) is 1.99. The maximum Gasteiger partial charge on any atom is 0.218 e. The molecule has 1 aliphatic rings. The first-order valence-corrected chi connectivity index (χ1v) is 8.71. The lowest BCUT2D eigenvalue weighted by Gasteiger charge is -2.22. The van der Waals surface area contributed by atoms with Crippen molar-refractivity contribution >= 4 is 21.3 Å². The van der Waals surface area contributed by atoms with Crippen molar-refractivity contribution in [1.29, 1.82) is 0 Å². The summed E-state index contributed by atoms with van der Waals surface area (Å²) in [5, 5.41) is 46.3. The van der Waals surface area contributed by atoms with E-state index < -0.39 is 64.2 Å². The number of hydrogen-bond donors (Lipinski definition) is 5. The molecule has 0 aromatic heterocycles. The Morgan fingerprint density at radius 2 is 1.95 bits per heavy atom. The molecular weight excluding hydrogens is 316 g/mol. The first kappa shape index (κ1) is 18.1. The summed E-state index contributed by atoms with van der Waals surface area (Å²) in [6.07, 6.45) is -5.26. The van der Waals surface area contributed by atoms with Crippen LogP contribution < -0.4 is 0 Å². The fraction of sp³-hybridized carbons (Fsp3) is 1.00. The van der Waals surface area contributed by atoms with Gasteiger partial charge in [-0.2, -0.15) is 0 Å². The zero-order chi connectivity index (χ0) is 15.5. The van der Waals surface area contributed by atoms with Crippen LogP contribution in [0.25, 0.3) is 0 Å². The van der Waals surface area contributed by atoms with Gasteiger partial charge in [-0.15, -0.1) is 0 Å². The molecule has 0 aliphatic carbocycles. The molecule has 20 heavy (non-hydrogen) atoms. The molecule has 1 unspecified atom stereocenters. The molecule has 0 radical (unpaired) electrons. The maximum atomic E-state index is 10.4. The van der Waals surface area contributed by atoms with Crippen LogP contribution in [0, 0.1) is 0 Å². The van der Waals surface area contributed by atoms with Crippen molar-refractivity contribution < 1.29 is 42.7 Å². The highest BCUT2D eigenvalue weighted by Crippen LogP contribution is 2.25. The van der Waals surface area contributed by atoms with Gasteiger partial charge in [0.25, 0.3) is 0 Å². The minimum Gasteiger partial charge on any atom is -0.726 e. The third-order valence-corrected chi connectivity index (χ3v) is 6.31. The van der Waals surface area contributed by atoms with Crippen LogP contribution in [-0.4, -0.2) is 92.9 Å². The minimum absolute atomic E-state index is 0.111. The second-order valence-corrected chi connectivity index (χ2v) is 7.80. The van der Waals surface area contributed by atoms with Crippen LogP contribution in [0.1, 0.15) is 0 Å². The lowest BCUT2D eigenvalue weighted by molar-refractivity contribution is 0.0105.